The van der Waals surface area contributed by atoms with E-state index in [0.29, 0.717) is 16.5 Å². The Morgan fingerprint density at radius 1 is 1.56 bits per heavy atom. The highest BCUT2D eigenvalue weighted by Crippen LogP contribution is 2.20. The van der Waals surface area contributed by atoms with Crippen LogP contribution in [0.3, 0.4) is 0 Å². The third-order valence-corrected chi connectivity index (χ3v) is 3.29. The van der Waals surface area contributed by atoms with Gasteiger partial charge in [0.1, 0.15) is 0 Å². The van der Waals surface area contributed by atoms with Crippen LogP contribution in [0, 0.1) is 0 Å². The first-order valence-corrected chi connectivity index (χ1v) is 6.29. The quantitative estimate of drug-likeness (QED) is 0.681. The lowest BCUT2D eigenvalue weighted by molar-refractivity contribution is 0.100. The van der Waals surface area contributed by atoms with E-state index >= 15 is 0 Å². The van der Waals surface area contributed by atoms with Crippen molar-refractivity contribution in [3.63, 3.8) is 0 Å². The zero-order chi connectivity index (χ0) is 12.1. The summed E-state index contributed by atoms with van der Waals surface area (Å²) in [5.74, 6) is -0.444. The summed E-state index contributed by atoms with van der Waals surface area (Å²) in [6.45, 7) is 2.92. The van der Waals surface area contributed by atoms with Crippen molar-refractivity contribution in [3.8, 4) is 0 Å². The summed E-state index contributed by atoms with van der Waals surface area (Å²) in [6, 6.07) is 5.00. The SMILES string of the molecule is CSC(C)CNc1cc(C(N)=O)ccc1N. The average Bonchev–Trinajstić information content (AvgIpc) is 2.27. The number of amides is 1. The fourth-order valence-corrected chi connectivity index (χ4v) is 1.45. The van der Waals surface area contributed by atoms with Crippen molar-refractivity contribution >= 4 is 29.0 Å². The number of benzene rings is 1. The van der Waals surface area contributed by atoms with Crippen LogP contribution < -0.4 is 16.8 Å². The van der Waals surface area contributed by atoms with Gasteiger partial charge in [0.05, 0.1) is 11.4 Å². The summed E-state index contributed by atoms with van der Waals surface area (Å²) in [7, 11) is 0. The van der Waals surface area contributed by atoms with Gasteiger partial charge in [-0.2, -0.15) is 11.8 Å². The Balaban J connectivity index is 2.78. The maximum Gasteiger partial charge on any atom is 0.248 e. The number of hydrogen-bond acceptors (Lipinski definition) is 4. The van der Waals surface area contributed by atoms with E-state index < -0.39 is 5.91 Å². The molecule has 1 aromatic carbocycles. The Morgan fingerprint density at radius 2 is 2.25 bits per heavy atom. The minimum absolute atomic E-state index is 0.444. The molecule has 88 valence electrons. The number of rotatable bonds is 5. The van der Waals surface area contributed by atoms with Crippen molar-refractivity contribution in [2.45, 2.75) is 12.2 Å². The molecule has 5 N–H and O–H groups in total. The van der Waals surface area contributed by atoms with Crippen molar-refractivity contribution < 1.29 is 4.79 Å². The molecule has 0 heterocycles. The van der Waals surface area contributed by atoms with E-state index in [2.05, 4.69) is 18.5 Å². The van der Waals surface area contributed by atoms with Crippen LogP contribution in [-0.2, 0) is 0 Å². The first-order valence-electron chi connectivity index (χ1n) is 5.00. The molecule has 0 aliphatic rings. The van der Waals surface area contributed by atoms with Crippen molar-refractivity contribution in [2.24, 2.45) is 5.73 Å². The van der Waals surface area contributed by atoms with E-state index in [1.54, 1.807) is 30.0 Å². The lowest BCUT2D eigenvalue weighted by atomic mass is 10.1. The lowest BCUT2D eigenvalue weighted by Crippen LogP contribution is -2.15. The van der Waals surface area contributed by atoms with E-state index in [1.807, 2.05) is 0 Å². The third-order valence-electron chi connectivity index (χ3n) is 2.32. The second-order valence-corrected chi connectivity index (χ2v) is 4.87. The molecule has 4 nitrogen and oxygen atoms in total. The van der Waals surface area contributed by atoms with Crippen molar-refractivity contribution in [3.05, 3.63) is 23.8 Å². The topological polar surface area (TPSA) is 81.1 Å². The predicted molar refractivity (Wildman–Crippen MR) is 70.8 cm³/mol. The summed E-state index contributed by atoms with van der Waals surface area (Å²) in [5, 5.41) is 3.69. The number of thioether (sulfide) groups is 1. The zero-order valence-corrected chi connectivity index (χ0v) is 10.3. The zero-order valence-electron chi connectivity index (χ0n) is 9.49. The minimum Gasteiger partial charge on any atom is -0.397 e. The van der Waals surface area contributed by atoms with Crippen LogP contribution in [0.1, 0.15) is 17.3 Å². The van der Waals surface area contributed by atoms with E-state index in [9.17, 15) is 4.79 Å². The molecule has 0 radical (unpaired) electrons. The summed E-state index contributed by atoms with van der Waals surface area (Å²) in [6.07, 6.45) is 2.05. The Hall–Kier alpha value is -1.36. The third kappa shape index (κ3) is 3.34. The van der Waals surface area contributed by atoms with Gasteiger partial charge in [-0.15, -0.1) is 0 Å². The number of nitrogens with two attached hydrogens (primary N) is 2. The summed E-state index contributed by atoms with van der Waals surface area (Å²) >= 11 is 1.77. The minimum atomic E-state index is -0.444. The first-order chi connectivity index (χ1) is 7.54. The molecule has 0 spiro atoms. The highest BCUT2D eigenvalue weighted by atomic mass is 32.2. The van der Waals surface area contributed by atoms with E-state index in [4.69, 9.17) is 11.5 Å². The van der Waals surface area contributed by atoms with Gasteiger partial charge in [-0.1, -0.05) is 6.92 Å². The second kappa shape index (κ2) is 5.65. The molecule has 0 bridgehead atoms. The molecule has 0 aromatic heterocycles. The molecular formula is C11H17N3OS. The Morgan fingerprint density at radius 3 is 2.81 bits per heavy atom. The summed E-state index contributed by atoms with van der Waals surface area (Å²) in [4.78, 5) is 11.0. The van der Waals surface area contributed by atoms with Crippen LogP contribution in [0.4, 0.5) is 11.4 Å². The number of hydrogen-bond donors (Lipinski definition) is 3. The molecule has 16 heavy (non-hydrogen) atoms. The van der Waals surface area contributed by atoms with E-state index in [1.165, 1.54) is 0 Å². The van der Waals surface area contributed by atoms with Crippen LogP contribution in [0.5, 0.6) is 0 Å². The molecule has 1 rings (SSSR count). The van der Waals surface area contributed by atoms with Gasteiger partial charge < -0.3 is 16.8 Å². The number of anilines is 2. The Labute approximate surface area is 99.8 Å². The van der Waals surface area contributed by atoms with Gasteiger partial charge in [-0.25, -0.2) is 0 Å². The van der Waals surface area contributed by atoms with Crippen molar-refractivity contribution in [2.75, 3.05) is 23.9 Å². The van der Waals surface area contributed by atoms with Gasteiger partial charge in [0.2, 0.25) is 5.91 Å². The Bertz CT molecular complexity index is 381. The molecule has 1 atom stereocenters. The first kappa shape index (κ1) is 12.7. The maximum atomic E-state index is 11.0. The molecule has 1 amide bonds. The van der Waals surface area contributed by atoms with E-state index in [0.717, 1.165) is 12.2 Å². The molecule has 1 aromatic rings. The standard InChI is InChI=1S/C11H17N3OS/c1-7(16-2)6-14-10-5-8(11(13)15)3-4-9(10)12/h3-5,7,14H,6,12H2,1-2H3,(H2,13,15). The van der Waals surface area contributed by atoms with E-state index in [-0.39, 0.29) is 0 Å². The van der Waals surface area contributed by atoms with Crippen LogP contribution in [0.15, 0.2) is 18.2 Å². The monoisotopic (exact) mass is 239 g/mol. The molecule has 0 aliphatic heterocycles. The van der Waals surface area contributed by atoms with Gasteiger partial charge in [0.15, 0.2) is 0 Å². The summed E-state index contributed by atoms with van der Waals surface area (Å²) in [5.41, 5.74) is 12.8. The molecule has 5 heteroatoms. The Kier molecular flexibility index (Phi) is 4.49. The highest BCUT2D eigenvalue weighted by Gasteiger charge is 2.06. The van der Waals surface area contributed by atoms with Gasteiger partial charge in [-0.3, -0.25) is 4.79 Å². The number of nitrogen functional groups attached to an aromatic ring is 1. The number of nitrogens with one attached hydrogen (secondary N) is 1. The predicted octanol–water partition coefficient (Wildman–Crippen LogP) is 1.53. The van der Waals surface area contributed by atoms with Crippen LogP contribution in [0.2, 0.25) is 0 Å². The van der Waals surface area contributed by atoms with Gasteiger partial charge in [0.25, 0.3) is 0 Å². The largest absolute Gasteiger partial charge is 0.397 e. The number of carbonyl (C=O) groups excluding carboxylic acids is 1. The average molecular weight is 239 g/mol. The van der Waals surface area contributed by atoms with Gasteiger partial charge in [0, 0.05) is 17.4 Å². The molecule has 0 saturated carbocycles. The van der Waals surface area contributed by atoms with Crippen LogP contribution in [-0.4, -0.2) is 24.0 Å². The van der Waals surface area contributed by atoms with Gasteiger partial charge >= 0.3 is 0 Å². The smallest absolute Gasteiger partial charge is 0.248 e. The lowest BCUT2D eigenvalue weighted by Gasteiger charge is -2.13. The normalized spacial score (nSPS) is 12.1. The fourth-order valence-electron chi connectivity index (χ4n) is 1.20. The highest BCUT2D eigenvalue weighted by molar-refractivity contribution is 7.99. The van der Waals surface area contributed by atoms with Crippen molar-refractivity contribution in [1.29, 1.82) is 0 Å². The fraction of sp³-hybridized carbons (Fsp3) is 0.364. The van der Waals surface area contributed by atoms with Crippen LogP contribution in [0.25, 0.3) is 0 Å². The molecular weight excluding hydrogens is 222 g/mol. The number of carbonyl (C=O) groups is 1. The second-order valence-electron chi connectivity index (χ2n) is 3.59. The molecule has 0 fully saturated rings. The molecule has 1 unspecified atom stereocenters. The number of primary amides is 1. The maximum absolute atomic E-state index is 11.0. The molecule has 0 aliphatic carbocycles. The van der Waals surface area contributed by atoms with Gasteiger partial charge in [-0.05, 0) is 24.5 Å². The summed E-state index contributed by atoms with van der Waals surface area (Å²) < 4.78 is 0. The van der Waals surface area contributed by atoms with Crippen LogP contribution >= 0.6 is 11.8 Å². The van der Waals surface area contributed by atoms with Crippen molar-refractivity contribution in [1.82, 2.24) is 0 Å². The molecule has 0 saturated heterocycles.